The molecule has 0 spiro atoms. The van der Waals surface area contributed by atoms with Gasteiger partial charge in [-0.1, -0.05) is 17.8 Å². The summed E-state index contributed by atoms with van der Waals surface area (Å²) in [5, 5.41) is 0.740. The lowest BCUT2D eigenvalue weighted by Gasteiger charge is -2.05. The molecular formula is C13H18N2O2S. The molecule has 1 heterocycles. The van der Waals surface area contributed by atoms with E-state index >= 15 is 0 Å². The first-order valence-electron chi connectivity index (χ1n) is 5.82. The fourth-order valence-corrected chi connectivity index (χ4v) is 2.01. The SMILES string of the molecule is CCOC(=O)/C=C/CSc1nc(C)c(C)c(C)n1. The quantitative estimate of drug-likeness (QED) is 0.355. The van der Waals surface area contributed by atoms with Crippen molar-refractivity contribution in [1.82, 2.24) is 9.97 Å². The minimum atomic E-state index is -0.310. The number of hydrogen-bond donors (Lipinski definition) is 0. The van der Waals surface area contributed by atoms with Crippen LogP contribution in [0.3, 0.4) is 0 Å². The molecule has 0 N–H and O–H groups in total. The smallest absolute Gasteiger partial charge is 0.330 e. The normalized spacial score (nSPS) is 10.9. The zero-order valence-corrected chi connectivity index (χ0v) is 12.0. The van der Waals surface area contributed by atoms with E-state index in [1.54, 1.807) is 13.0 Å². The number of esters is 1. The van der Waals surface area contributed by atoms with Crippen molar-refractivity contribution in [2.75, 3.05) is 12.4 Å². The van der Waals surface area contributed by atoms with Gasteiger partial charge in [0.25, 0.3) is 0 Å². The molecule has 1 aromatic rings. The highest BCUT2D eigenvalue weighted by Gasteiger charge is 2.04. The van der Waals surface area contributed by atoms with Gasteiger partial charge < -0.3 is 4.74 Å². The number of rotatable bonds is 5. The highest BCUT2D eigenvalue weighted by Crippen LogP contribution is 2.16. The van der Waals surface area contributed by atoms with E-state index in [9.17, 15) is 4.79 Å². The second kappa shape index (κ2) is 7.16. The van der Waals surface area contributed by atoms with Crippen LogP contribution in [-0.4, -0.2) is 28.3 Å². The summed E-state index contributed by atoms with van der Waals surface area (Å²) >= 11 is 1.50. The molecule has 0 fully saturated rings. The first kappa shape index (κ1) is 14.7. The standard InChI is InChI=1S/C13H18N2O2S/c1-5-17-12(16)7-6-8-18-13-14-10(3)9(2)11(4)15-13/h6-7H,5,8H2,1-4H3/b7-6+. The van der Waals surface area contributed by atoms with Crippen LogP contribution in [0.15, 0.2) is 17.3 Å². The van der Waals surface area contributed by atoms with Crippen LogP contribution in [0.4, 0.5) is 0 Å². The summed E-state index contributed by atoms with van der Waals surface area (Å²) in [6, 6.07) is 0. The Morgan fingerprint density at radius 2 is 1.89 bits per heavy atom. The van der Waals surface area contributed by atoms with Gasteiger partial charge >= 0.3 is 5.97 Å². The van der Waals surface area contributed by atoms with Crippen molar-refractivity contribution >= 4 is 17.7 Å². The molecule has 1 aromatic heterocycles. The maximum absolute atomic E-state index is 11.1. The van der Waals surface area contributed by atoms with Gasteiger partial charge in [-0.05, 0) is 33.3 Å². The third-order valence-electron chi connectivity index (χ3n) is 2.46. The topological polar surface area (TPSA) is 52.1 Å². The zero-order valence-electron chi connectivity index (χ0n) is 11.2. The van der Waals surface area contributed by atoms with Crippen LogP contribution >= 0.6 is 11.8 Å². The van der Waals surface area contributed by atoms with Gasteiger partial charge in [0.15, 0.2) is 5.16 Å². The largest absolute Gasteiger partial charge is 0.463 e. The molecule has 1 rings (SSSR count). The van der Waals surface area contributed by atoms with E-state index in [2.05, 4.69) is 9.97 Å². The van der Waals surface area contributed by atoms with Gasteiger partial charge in [-0.2, -0.15) is 0 Å². The molecule has 0 saturated carbocycles. The molecule has 0 unspecified atom stereocenters. The van der Waals surface area contributed by atoms with Gasteiger partial charge in [-0.15, -0.1) is 0 Å². The summed E-state index contributed by atoms with van der Waals surface area (Å²) in [6.07, 6.45) is 3.20. The lowest BCUT2D eigenvalue weighted by Crippen LogP contribution is -1.99. The number of hydrogen-bond acceptors (Lipinski definition) is 5. The van der Waals surface area contributed by atoms with Crippen molar-refractivity contribution in [2.45, 2.75) is 32.9 Å². The molecule has 0 saturated heterocycles. The molecule has 0 radical (unpaired) electrons. The Bertz CT molecular complexity index is 435. The number of carbonyl (C=O) groups excluding carboxylic acids is 1. The van der Waals surface area contributed by atoms with Gasteiger partial charge in [-0.3, -0.25) is 0 Å². The number of aryl methyl sites for hydroxylation is 2. The van der Waals surface area contributed by atoms with E-state index in [1.165, 1.54) is 17.8 Å². The molecule has 0 aliphatic heterocycles. The van der Waals surface area contributed by atoms with Crippen molar-refractivity contribution in [1.29, 1.82) is 0 Å². The van der Waals surface area contributed by atoms with Gasteiger partial charge in [0.2, 0.25) is 0 Å². The maximum Gasteiger partial charge on any atom is 0.330 e. The fraction of sp³-hybridized carbons (Fsp3) is 0.462. The number of carbonyl (C=O) groups is 1. The fourth-order valence-electron chi connectivity index (χ4n) is 1.26. The summed E-state index contributed by atoms with van der Waals surface area (Å²) in [7, 11) is 0. The van der Waals surface area contributed by atoms with Crippen LogP contribution in [0, 0.1) is 20.8 Å². The third kappa shape index (κ3) is 4.49. The van der Waals surface area contributed by atoms with Crippen molar-refractivity contribution in [3.8, 4) is 0 Å². The second-order valence-corrected chi connectivity index (χ2v) is 4.75. The average Bonchev–Trinajstić information content (AvgIpc) is 2.32. The number of aromatic nitrogens is 2. The van der Waals surface area contributed by atoms with E-state index in [1.807, 2.05) is 20.8 Å². The van der Waals surface area contributed by atoms with Gasteiger partial charge in [0.1, 0.15) is 0 Å². The average molecular weight is 266 g/mol. The van der Waals surface area contributed by atoms with Crippen molar-refractivity contribution < 1.29 is 9.53 Å². The maximum atomic E-state index is 11.1. The second-order valence-electron chi connectivity index (χ2n) is 3.77. The van der Waals surface area contributed by atoms with Crippen LogP contribution in [-0.2, 0) is 9.53 Å². The van der Waals surface area contributed by atoms with E-state index < -0.39 is 0 Å². The van der Waals surface area contributed by atoms with Gasteiger partial charge in [0.05, 0.1) is 6.61 Å². The predicted molar refractivity (Wildman–Crippen MR) is 72.7 cm³/mol. The van der Waals surface area contributed by atoms with E-state index in [-0.39, 0.29) is 5.97 Å². The van der Waals surface area contributed by atoms with Crippen LogP contribution in [0.25, 0.3) is 0 Å². The summed E-state index contributed by atoms with van der Waals surface area (Å²) < 4.78 is 4.78. The molecule has 0 aromatic carbocycles. The zero-order chi connectivity index (χ0) is 13.5. The molecular weight excluding hydrogens is 248 g/mol. The van der Waals surface area contributed by atoms with E-state index in [0.717, 1.165) is 22.1 Å². The number of nitrogens with zero attached hydrogens (tertiary/aromatic N) is 2. The van der Waals surface area contributed by atoms with E-state index in [4.69, 9.17) is 4.74 Å². The Labute approximate surface area is 112 Å². The Morgan fingerprint density at radius 3 is 2.44 bits per heavy atom. The van der Waals surface area contributed by atoms with Crippen molar-refractivity contribution in [3.05, 3.63) is 29.1 Å². The van der Waals surface area contributed by atoms with Gasteiger partial charge in [0, 0.05) is 23.2 Å². The predicted octanol–water partition coefficient (Wildman–Crippen LogP) is 2.61. The highest BCUT2D eigenvalue weighted by atomic mass is 32.2. The Balaban J connectivity index is 2.52. The summed E-state index contributed by atoms with van der Waals surface area (Å²) in [5.74, 6) is 0.344. The van der Waals surface area contributed by atoms with Crippen LogP contribution < -0.4 is 0 Å². The molecule has 98 valence electrons. The van der Waals surface area contributed by atoms with Crippen LogP contribution in [0.1, 0.15) is 23.9 Å². The minimum Gasteiger partial charge on any atom is -0.463 e. The number of thioether (sulfide) groups is 1. The van der Waals surface area contributed by atoms with Gasteiger partial charge in [-0.25, -0.2) is 14.8 Å². The van der Waals surface area contributed by atoms with Crippen molar-refractivity contribution in [3.63, 3.8) is 0 Å². The van der Waals surface area contributed by atoms with Crippen LogP contribution in [0.2, 0.25) is 0 Å². The Kier molecular flexibility index (Phi) is 5.85. The monoisotopic (exact) mass is 266 g/mol. The Hall–Kier alpha value is -1.36. The molecule has 0 aliphatic carbocycles. The lowest BCUT2D eigenvalue weighted by atomic mass is 10.2. The molecule has 0 aliphatic rings. The number of ether oxygens (including phenoxy) is 1. The first-order chi connectivity index (χ1) is 8.54. The molecule has 4 nitrogen and oxygen atoms in total. The molecule has 5 heteroatoms. The third-order valence-corrected chi connectivity index (χ3v) is 3.26. The minimum absolute atomic E-state index is 0.310. The summed E-state index contributed by atoms with van der Waals surface area (Å²) in [4.78, 5) is 19.8. The van der Waals surface area contributed by atoms with E-state index in [0.29, 0.717) is 12.4 Å². The molecule has 0 amide bonds. The lowest BCUT2D eigenvalue weighted by molar-refractivity contribution is -0.137. The molecule has 18 heavy (non-hydrogen) atoms. The summed E-state index contributed by atoms with van der Waals surface area (Å²) in [6.45, 7) is 8.15. The summed E-state index contributed by atoms with van der Waals surface area (Å²) in [5.41, 5.74) is 3.13. The van der Waals surface area contributed by atoms with Crippen LogP contribution in [0.5, 0.6) is 0 Å². The molecule has 0 atom stereocenters. The Morgan fingerprint density at radius 1 is 1.28 bits per heavy atom. The highest BCUT2D eigenvalue weighted by molar-refractivity contribution is 7.99. The first-order valence-corrected chi connectivity index (χ1v) is 6.81. The van der Waals surface area contributed by atoms with Crippen molar-refractivity contribution in [2.24, 2.45) is 0 Å². The molecule has 0 bridgehead atoms.